The van der Waals surface area contributed by atoms with Gasteiger partial charge in [-0.15, -0.1) is 4.72 Å². The molecule has 2 aliphatic carbocycles. The Hall–Kier alpha value is -1.57. The zero-order valence-electron chi connectivity index (χ0n) is 16.9. The predicted molar refractivity (Wildman–Crippen MR) is 111 cm³/mol. The van der Waals surface area contributed by atoms with E-state index in [0.29, 0.717) is 11.8 Å². The molecule has 1 saturated heterocycles. The van der Waals surface area contributed by atoms with Crippen LogP contribution >= 0.6 is 0 Å². The van der Waals surface area contributed by atoms with Crippen molar-refractivity contribution in [1.29, 1.82) is 0 Å². The molecule has 1 aliphatic heterocycles. The lowest BCUT2D eigenvalue weighted by Gasteiger charge is -2.25. The summed E-state index contributed by atoms with van der Waals surface area (Å²) in [5.41, 5.74) is 3.17. The highest BCUT2D eigenvalue weighted by molar-refractivity contribution is 7.90. The van der Waals surface area contributed by atoms with E-state index in [1.54, 1.807) is 0 Å². The highest BCUT2D eigenvalue weighted by atomic mass is 32.2. The average molecular weight is 401 g/mol. The van der Waals surface area contributed by atoms with Gasteiger partial charge in [0.2, 0.25) is 5.91 Å². The second-order valence-electron chi connectivity index (χ2n) is 9.60. The van der Waals surface area contributed by atoms with Gasteiger partial charge in [0.25, 0.3) is 0 Å². The zero-order chi connectivity index (χ0) is 19.8. The number of hydrogen-bond acceptors (Lipinski definition) is 4. The zero-order valence-corrected chi connectivity index (χ0v) is 17.8. The van der Waals surface area contributed by atoms with Crippen molar-refractivity contribution in [3.63, 3.8) is 0 Å². The van der Waals surface area contributed by atoms with Gasteiger partial charge in [-0.1, -0.05) is 0 Å². The summed E-state index contributed by atoms with van der Waals surface area (Å²) in [5, 5.41) is 4.81. The maximum Gasteiger partial charge on any atom is 0.231 e. The fraction of sp³-hybridized carbons (Fsp3) is 0.619. The van der Waals surface area contributed by atoms with Gasteiger partial charge in [-0.25, -0.2) is 4.52 Å². The summed E-state index contributed by atoms with van der Waals surface area (Å²) in [7, 11) is 0. The molecule has 3 heterocycles. The van der Waals surface area contributed by atoms with E-state index in [4.69, 9.17) is 5.10 Å². The number of anilines is 1. The summed E-state index contributed by atoms with van der Waals surface area (Å²) in [6.07, 6.45) is 3.49. The van der Waals surface area contributed by atoms with E-state index in [1.165, 1.54) is 18.4 Å². The van der Waals surface area contributed by atoms with Crippen LogP contribution in [-0.4, -0.2) is 31.4 Å². The molecule has 1 amide bonds. The van der Waals surface area contributed by atoms with Crippen LogP contribution in [0.5, 0.6) is 0 Å². The van der Waals surface area contributed by atoms with Crippen molar-refractivity contribution in [3.8, 4) is 0 Å². The van der Waals surface area contributed by atoms with Crippen LogP contribution in [0.2, 0.25) is 0 Å². The first-order valence-electron chi connectivity index (χ1n) is 10.3. The normalized spacial score (nSPS) is 26.6. The minimum Gasteiger partial charge on any atom is -0.598 e. The molecule has 3 fully saturated rings. The number of nitrogens with zero attached hydrogens (tertiary/aromatic N) is 3. The number of carbonyl (C=O) groups excluding carboxylic acids is 1. The van der Waals surface area contributed by atoms with Crippen LogP contribution < -0.4 is 9.62 Å². The molecule has 0 spiro atoms. The molecule has 7 heteroatoms. The third-order valence-electron chi connectivity index (χ3n) is 6.11. The highest BCUT2D eigenvalue weighted by Gasteiger charge is 2.53. The molecule has 6 nitrogen and oxygen atoms in total. The van der Waals surface area contributed by atoms with E-state index in [2.05, 4.69) is 22.9 Å². The Morgan fingerprint density at radius 2 is 2.04 bits per heavy atom. The number of piperidine rings is 1. The van der Waals surface area contributed by atoms with E-state index in [1.807, 2.05) is 37.1 Å². The van der Waals surface area contributed by atoms with E-state index in [9.17, 15) is 9.35 Å². The Morgan fingerprint density at radius 3 is 2.64 bits per heavy atom. The second-order valence-corrected chi connectivity index (χ2v) is 11.6. The van der Waals surface area contributed by atoms with Crippen LogP contribution in [0.1, 0.15) is 70.2 Å². The second kappa shape index (κ2) is 6.21. The van der Waals surface area contributed by atoms with Crippen molar-refractivity contribution in [3.05, 3.63) is 29.5 Å². The third kappa shape index (κ3) is 3.13. The molecule has 1 N–H and O–H groups in total. The SMILES string of the molecule is C[C@@H](N[S+]([O-])C(C)(C)C)c1cc2cc(C3CC3)cc(N3CC4CC4C3=O)n2n1. The average Bonchev–Trinajstić information content (AvgIpc) is 3.53. The van der Waals surface area contributed by atoms with Crippen molar-refractivity contribution in [1.82, 2.24) is 14.3 Å². The quantitative estimate of drug-likeness (QED) is 0.782. The Bertz CT molecular complexity index is 946. The van der Waals surface area contributed by atoms with Gasteiger partial charge in [-0.3, -0.25) is 9.69 Å². The molecule has 28 heavy (non-hydrogen) atoms. The molecule has 3 aliphatic rings. The largest absolute Gasteiger partial charge is 0.598 e. The number of hydrogen-bond donors (Lipinski definition) is 1. The molecule has 0 aromatic carbocycles. The van der Waals surface area contributed by atoms with Crippen LogP contribution in [0.25, 0.3) is 5.52 Å². The number of rotatable bonds is 5. The van der Waals surface area contributed by atoms with E-state index in [0.717, 1.165) is 30.0 Å². The Kier molecular flexibility index (Phi) is 4.09. The molecular formula is C21H28N4O2S. The Balaban J connectivity index is 1.51. The van der Waals surface area contributed by atoms with E-state index >= 15 is 0 Å². The smallest absolute Gasteiger partial charge is 0.231 e. The topological polar surface area (TPSA) is 72.7 Å². The van der Waals surface area contributed by atoms with Gasteiger partial charge in [0, 0.05) is 23.8 Å². The molecule has 150 valence electrons. The van der Waals surface area contributed by atoms with Gasteiger partial charge < -0.3 is 4.55 Å². The van der Waals surface area contributed by atoms with Crippen molar-refractivity contribution in [2.45, 2.75) is 63.7 Å². The van der Waals surface area contributed by atoms with Gasteiger partial charge in [0.15, 0.2) is 0 Å². The van der Waals surface area contributed by atoms with Crippen molar-refractivity contribution in [2.75, 3.05) is 11.4 Å². The van der Waals surface area contributed by atoms with Gasteiger partial charge in [-0.05, 0) is 82.6 Å². The lowest BCUT2D eigenvalue weighted by atomic mass is 10.1. The highest BCUT2D eigenvalue weighted by Crippen LogP contribution is 2.48. The fourth-order valence-corrected chi connectivity index (χ4v) is 4.86. The van der Waals surface area contributed by atoms with Crippen LogP contribution in [0, 0.1) is 11.8 Å². The molecule has 2 aromatic rings. The molecule has 3 unspecified atom stereocenters. The van der Waals surface area contributed by atoms with Crippen LogP contribution in [0.3, 0.4) is 0 Å². The third-order valence-corrected chi connectivity index (χ3v) is 7.79. The molecular weight excluding hydrogens is 372 g/mol. The lowest BCUT2D eigenvalue weighted by Crippen LogP contribution is -2.40. The summed E-state index contributed by atoms with van der Waals surface area (Å²) in [5.74, 6) is 2.50. The van der Waals surface area contributed by atoms with Crippen LogP contribution in [-0.2, 0) is 16.2 Å². The van der Waals surface area contributed by atoms with E-state index in [-0.39, 0.29) is 22.6 Å². The number of pyridine rings is 1. The number of fused-ring (bicyclic) bond motifs is 2. The minimum atomic E-state index is -1.17. The van der Waals surface area contributed by atoms with Crippen LogP contribution in [0.4, 0.5) is 5.82 Å². The van der Waals surface area contributed by atoms with Crippen molar-refractivity contribution in [2.24, 2.45) is 11.8 Å². The minimum absolute atomic E-state index is 0.139. The maximum atomic E-state index is 12.7. The molecule has 4 atom stereocenters. The number of amides is 1. The Morgan fingerprint density at radius 1 is 1.29 bits per heavy atom. The molecule has 0 radical (unpaired) electrons. The summed E-state index contributed by atoms with van der Waals surface area (Å²) >= 11 is -1.17. The van der Waals surface area contributed by atoms with Gasteiger partial charge in [0.05, 0.1) is 17.3 Å². The fourth-order valence-electron chi connectivity index (χ4n) is 4.06. The number of carbonyl (C=O) groups is 1. The number of nitrogens with one attached hydrogen (secondary N) is 1. The summed E-state index contributed by atoms with van der Waals surface area (Å²) < 4.78 is 17.2. The summed E-state index contributed by atoms with van der Waals surface area (Å²) in [6.45, 7) is 8.66. The van der Waals surface area contributed by atoms with Crippen molar-refractivity contribution < 1.29 is 9.35 Å². The number of aromatic nitrogens is 2. The maximum absolute atomic E-state index is 12.7. The molecule has 0 bridgehead atoms. The first kappa shape index (κ1) is 18.5. The first-order chi connectivity index (χ1) is 13.2. The Labute approximate surface area is 169 Å². The van der Waals surface area contributed by atoms with Crippen LogP contribution in [0.15, 0.2) is 18.2 Å². The molecule has 2 saturated carbocycles. The first-order valence-corrected chi connectivity index (χ1v) is 11.4. The van der Waals surface area contributed by atoms with Gasteiger partial charge in [0.1, 0.15) is 10.6 Å². The predicted octanol–water partition coefficient (Wildman–Crippen LogP) is 3.31. The molecule has 2 aromatic heterocycles. The van der Waals surface area contributed by atoms with Crippen molar-refractivity contribution >= 4 is 28.6 Å². The summed E-state index contributed by atoms with van der Waals surface area (Å²) in [6, 6.07) is 6.29. The monoisotopic (exact) mass is 400 g/mol. The standard InChI is InChI=1S/C21H28N4O2S/c1-12(23-28(27)21(2,3)4)18-10-16-7-14(13-5-6-13)9-19(25(16)22-18)24-11-15-8-17(15)20(24)26/h7,9-10,12-13,15,17,23H,5-6,8,11H2,1-4H3/t12-,15?,17?,28?/m1/s1. The lowest BCUT2D eigenvalue weighted by molar-refractivity contribution is -0.118. The van der Waals surface area contributed by atoms with E-state index < -0.39 is 11.4 Å². The summed E-state index contributed by atoms with van der Waals surface area (Å²) in [4.78, 5) is 14.6. The van der Waals surface area contributed by atoms with Gasteiger partial charge in [-0.2, -0.15) is 5.10 Å². The van der Waals surface area contributed by atoms with Gasteiger partial charge >= 0.3 is 0 Å². The molecule has 5 rings (SSSR count).